The normalized spacial score (nSPS) is 10.1. The van der Waals surface area contributed by atoms with Crippen molar-refractivity contribution >= 4 is 23.6 Å². The van der Waals surface area contributed by atoms with Crippen molar-refractivity contribution in [1.29, 1.82) is 0 Å². The molecule has 5 nitrogen and oxygen atoms in total. The molecule has 2 aromatic rings. The van der Waals surface area contributed by atoms with E-state index in [1.807, 2.05) is 0 Å². The van der Waals surface area contributed by atoms with Gasteiger partial charge in [-0.1, -0.05) is 23.7 Å². The number of halogens is 1. The Bertz CT molecular complexity index is 685. The van der Waals surface area contributed by atoms with Gasteiger partial charge in [0.1, 0.15) is 5.75 Å². The third-order valence-electron chi connectivity index (χ3n) is 2.79. The van der Waals surface area contributed by atoms with E-state index in [0.29, 0.717) is 11.8 Å². The summed E-state index contributed by atoms with van der Waals surface area (Å²) in [5.41, 5.74) is 0.597. The van der Waals surface area contributed by atoms with Gasteiger partial charge in [0.25, 0.3) is 5.69 Å². The molecule has 0 saturated carbocycles. The van der Waals surface area contributed by atoms with Gasteiger partial charge in [-0.3, -0.25) is 14.9 Å². The Balaban J connectivity index is 2.48. The number of aldehydes is 1. The van der Waals surface area contributed by atoms with E-state index in [-0.39, 0.29) is 27.8 Å². The van der Waals surface area contributed by atoms with Crippen molar-refractivity contribution in [1.82, 2.24) is 0 Å². The van der Waals surface area contributed by atoms with Gasteiger partial charge in [0.2, 0.25) is 0 Å². The molecule has 0 aliphatic heterocycles. The summed E-state index contributed by atoms with van der Waals surface area (Å²) in [6.45, 7) is 1.57. The molecule has 20 heavy (non-hydrogen) atoms. The van der Waals surface area contributed by atoms with Crippen molar-refractivity contribution in [3.63, 3.8) is 0 Å². The summed E-state index contributed by atoms with van der Waals surface area (Å²) in [5.74, 6) is 0.475. The van der Waals surface area contributed by atoms with Crippen molar-refractivity contribution in [3.8, 4) is 11.5 Å². The Morgan fingerprint density at radius 1 is 1.25 bits per heavy atom. The van der Waals surface area contributed by atoms with E-state index in [9.17, 15) is 14.9 Å². The number of nitrogens with zero attached hydrogens (tertiary/aromatic N) is 1. The van der Waals surface area contributed by atoms with E-state index in [0.717, 1.165) is 0 Å². The second-order valence-corrected chi connectivity index (χ2v) is 4.44. The number of ether oxygens (including phenoxy) is 1. The zero-order valence-electron chi connectivity index (χ0n) is 10.5. The van der Waals surface area contributed by atoms with Gasteiger partial charge >= 0.3 is 0 Å². The number of para-hydroxylation sites is 1. The lowest BCUT2D eigenvalue weighted by molar-refractivity contribution is -0.385. The second-order valence-electron chi connectivity index (χ2n) is 4.04. The number of rotatable bonds is 4. The second kappa shape index (κ2) is 5.71. The van der Waals surface area contributed by atoms with Crippen LogP contribution in [0.1, 0.15) is 15.9 Å². The highest BCUT2D eigenvalue weighted by Crippen LogP contribution is 2.35. The van der Waals surface area contributed by atoms with Crippen LogP contribution in [0.2, 0.25) is 5.02 Å². The minimum absolute atomic E-state index is 0.0535. The molecule has 0 aromatic heterocycles. The number of hydrogen-bond acceptors (Lipinski definition) is 4. The molecule has 0 aliphatic rings. The molecule has 102 valence electrons. The van der Waals surface area contributed by atoms with Crippen molar-refractivity contribution in [2.75, 3.05) is 0 Å². The summed E-state index contributed by atoms with van der Waals surface area (Å²) in [5, 5.41) is 11.1. The summed E-state index contributed by atoms with van der Waals surface area (Å²) >= 11 is 5.99. The molecule has 0 fully saturated rings. The van der Waals surface area contributed by atoms with E-state index in [1.165, 1.54) is 12.1 Å². The number of carbonyl (C=O) groups excluding carboxylic acids is 1. The molecule has 0 unspecified atom stereocenters. The molecule has 0 aliphatic carbocycles. The summed E-state index contributed by atoms with van der Waals surface area (Å²) < 4.78 is 5.59. The molecule has 0 bridgehead atoms. The molecule has 0 spiro atoms. The topological polar surface area (TPSA) is 69.4 Å². The van der Waals surface area contributed by atoms with Crippen LogP contribution in [0, 0.1) is 17.0 Å². The lowest BCUT2D eigenvalue weighted by Crippen LogP contribution is -1.96. The first-order chi connectivity index (χ1) is 9.54. The highest BCUT2D eigenvalue weighted by molar-refractivity contribution is 6.32. The van der Waals surface area contributed by atoms with Gasteiger partial charge in [-0.2, -0.15) is 0 Å². The van der Waals surface area contributed by atoms with E-state index < -0.39 is 4.92 Å². The third-order valence-corrected chi connectivity index (χ3v) is 3.09. The monoisotopic (exact) mass is 291 g/mol. The van der Waals surface area contributed by atoms with Gasteiger partial charge < -0.3 is 4.74 Å². The van der Waals surface area contributed by atoms with Crippen molar-refractivity contribution in [2.24, 2.45) is 0 Å². The largest absolute Gasteiger partial charge is 0.455 e. The summed E-state index contributed by atoms with van der Waals surface area (Å²) in [6, 6.07) is 9.24. The van der Waals surface area contributed by atoms with Crippen molar-refractivity contribution < 1.29 is 14.5 Å². The van der Waals surface area contributed by atoms with Gasteiger partial charge in [-0.05, 0) is 25.1 Å². The van der Waals surface area contributed by atoms with Crippen LogP contribution in [-0.4, -0.2) is 11.2 Å². The standard InChI is InChI=1S/C14H10ClNO4/c1-9-12(16(18)19)6-3-7-13(9)20-14-10(8-17)4-2-5-11(14)15/h2-8H,1H3. The van der Waals surface area contributed by atoms with E-state index in [4.69, 9.17) is 16.3 Å². The fourth-order valence-corrected chi connectivity index (χ4v) is 1.97. The summed E-state index contributed by atoms with van der Waals surface area (Å²) in [7, 11) is 0. The SMILES string of the molecule is Cc1c(Oc2c(Cl)cccc2C=O)cccc1[N+](=O)[O-]. The van der Waals surface area contributed by atoms with E-state index in [1.54, 1.807) is 31.2 Å². The molecule has 0 saturated heterocycles. The molecule has 6 heteroatoms. The number of carbonyl (C=O) groups is 1. The Hall–Kier alpha value is -2.40. The molecule has 2 aromatic carbocycles. The van der Waals surface area contributed by atoms with Crippen LogP contribution in [0.4, 0.5) is 5.69 Å². The maximum absolute atomic E-state index is 11.0. The Morgan fingerprint density at radius 2 is 1.95 bits per heavy atom. The minimum atomic E-state index is -0.491. The number of nitro groups is 1. The van der Waals surface area contributed by atoms with Crippen LogP contribution in [0.15, 0.2) is 36.4 Å². The van der Waals surface area contributed by atoms with Crippen LogP contribution < -0.4 is 4.74 Å². The zero-order chi connectivity index (χ0) is 14.7. The number of benzene rings is 2. The Labute approximate surface area is 119 Å². The lowest BCUT2D eigenvalue weighted by atomic mass is 10.1. The van der Waals surface area contributed by atoms with Crippen LogP contribution in [0.3, 0.4) is 0 Å². The molecule has 0 amide bonds. The van der Waals surface area contributed by atoms with Gasteiger partial charge in [0, 0.05) is 6.07 Å². The lowest BCUT2D eigenvalue weighted by Gasteiger charge is -2.11. The van der Waals surface area contributed by atoms with Gasteiger partial charge in [-0.25, -0.2) is 0 Å². The van der Waals surface area contributed by atoms with Crippen LogP contribution >= 0.6 is 11.6 Å². The molecule has 0 atom stereocenters. The number of hydrogen-bond donors (Lipinski definition) is 0. The van der Waals surface area contributed by atoms with Gasteiger partial charge in [-0.15, -0.1) is 0 Å². The molecule has 0 radical (unpaired) electrons. The average molecular weight is 292 g/mol. The highest BCUT2D eigenvalue weighted by atomic mass is 35.5. The average Bonchev–Trinajstić information content (AvgIpc) is 2.42. The van der Waals surface area contributed by atoms with Gasteiger partial charge in [0.05, 0.1) is 21.1 Å². The van der Waals surface area contributed by atoms with Crippen LogP contribution in [0.25, 0.3) is 0 Å². The minimum Gasteiger partial charge on any atom is -0.455 e. The smallest absolute Gasteiger partial charge is 0.276 e. The Kier molecular flexibility index (Phi) is 4.00. The zero-order valence-corrected chi connectivity index (χ0v) is 11.3. The molecule has 0 N–H and O–H groups in total. The van der Waals surface area contributed by atoms with Crippen LogP contribution in [-0.2, 0) is 0 Å². The quantitative estimate of drug-likeness (QED) is 0.482. The van der Waals surface area contributed by atoms with Crippen molar-refractivity contribution in [2.45, 2.75) is 6.92 Å². The first kappa shape index (κ1) is 14.0. The predicted molar refractivity (Wildman–Crippen MR) is 74.7 cm³/mol. The first-order valence-corrected chi connectivity index (χ1v) is 6.08. The summed E-state index contributed by atoms with van der Waals surface area (Å²) in [4.78, 5) is 21.4. The fourth-order valence-electron chi connectivity index (χ4n) is 1.75. The van der Waals surface area contributed by atoms with E-state index in [2.05, 4.69) is 0 Å². The van der Waals surface area contributed by atoms with E-state index >= 15 is 0 Å². The molecule has 0 heterocycles. The fraction of sp³-hybridized carbons (Fsp3) is 0.0714. The molecular formula is C14H10ClNO4. The third kappa shape index (κ3) is 2.62. The van der Waals surface area contributed by atoms with Crippen molar-refractivity contribution in [3.05, 3.63) is 62.7 Å². The molecule has 2 rings (SSSR count). The highest BCUT2D eigenvalue weighted by Gasteiger charge is 2.16. The Morgan fingerprint density at radius 3 is 2.60 bits per heavy atom. The predicted octanol–water partition coefficient (Wildman–Crippen LogP) is 4.16. The number of nitro benzene ring substituents is 1. The maximum Gasteiger partial charge on any atom is 0.276 e. The van der Waals surface area contributed by atoms with Crippen LogP contribution in [0.5, 0.6) is 11.5 Å². The maximum atomic E-state index is 11.0. The summed E-state index contributed by atoms with van der Waals surface area (Å²) in [6.07, 6.45) is 0.619. The van der Waals surface area contributed by atoms with Gasteiger partial charge in [0.15, 0.2) is 12.0 Å². The first-order valence-electron chi connectivity index (χ1n) is 5.70. The molecular weight excluding hydrogens is 282 g/mol.